The number of nitro groups is 1. The van der Waals surface area contributed by atoms with Gasteiger partial charge in [0.05, 0.1) is 18.0 Å². The van der Waals surface area contributed by atoms with Crippen molar-refractivity contribution in [2.24, 2.45) is 0 Å². The highest BCUT2D eigenvalue weighted by Crippen LogP contribution is 2.30. The fourth-order valence-electron chi connectivity index (χ4n) is 1.00. The smallest absolute Gasteiger partial charge is 0.312 e. The summed E-state index contributed by atoms with van der Waals surface area (Å²) in [5.41, 5.74) is -0.195. The van der Waals surface area contributed by atoms with Crippen LogP contribution in [0.1, 0.15) is 6.42 Å². The second-order valence-corrected chi connectivity index (χ2v) is 3.78. The van der Waals surface area contributed by atoms with E-state index in [9.17, 15) is 14.9 Å². The molecule has 0 unspecified atom stereocenters. The number of halogens is 1. The number of nitrogens with zero attached hydrogens (tertiary/aromatic N) is 1. The number of nitro benzene ring substituents is 1. The minimum atomic E-state index is -1.01. The van der Waals surface area contributed by atoms with Crippen molar-refractivity contribution < 1.29 is 19.6 Å². The van der Waals surface area contributed by atoms with E-state index in [0.29, 0.717) is 4.47 Å². The van der Waals surface area contributed by atoms with Crippen molar-refractivity contribution in [1.82, 2.24) is 0 Å². The number of benzene rings is 1. The van der Waals surface area contributed by atoms with Gasteiger partial charge in [0.1, 0.15) is 0 Å². The summed E-state index contributed by atoms with van der Waals surface area (Å²) in [5, 5.41) is 19.1. The molecule has 0 fully saturated rings. The Labute approximate surface area is 99.1 Å². The zero-order valence-electron chi connectivity index (χ0n) is 8.05. The van der Waals surface area contributed by atoms with Gasteiger partial charge in [0.25, 0.3) is 0 Å². The predicted octanol–water partition coefficient (Wildman–Crippen LogP) is 2.21. The quantitative estimate of drug-likeness (QED) is 0.663. The Morgan fingerprint density at radius 3 is 2.81 bits per heavy atom. The minimum absolute atomic E-state index is 0.0643. The van der Waals surface area contributed by atoms with E-state index in [1.165, 1.54) is 12.1 Å². The van der Waals surface area contributed by atoms with Crippen LogP contribution in [0.3, 0.4) is 0 Å². The highest BCUT2D eigenvalue weighted by atomic mass is 79.9. The van der Waals surface area contributed by atoms with E-state index in [1.54, 1.807) is 6.07 Å². The number of hydrogen-bond donors (Lipinski definition) is 1. The van der Waals surface area contributed by atoms with Crippen LogP contribution in [0.15, 0.2) is 22.7 Å². The molecule has 7 heteroatoms. The molecule has 1 aromatic rings. The lowest BCUT2D eigenvalue weighted by atomic mass is 10.3. The minimum Gasteiger partial charge on any atom is -0.486 e. The zero-order valence-corrected chi connectivity index (χ0v) is 9.64. The Bertz CT molecular complexity index is 420. The molecule has 0 aliphatic carbocycles. The van der Waals surface area contributed by atoms with Crippen LogP contribution in [0.4, 0.5) is 5.69 Å². The number of ether oxygens (including phenoxy) is 1. The molecule has 0 heterocycles. The number of hydrogen-bond acceptors (Lipinski definition) is 4. The molecule has 16 heavy (non-hydrogen) atoms. The summed E-state index contributed by atoms with van der Waals surface area (Å²) in [6.45, 7) is -0.0994. The first-order valence-corrected chi connectivity index (χ1v) is 5.08. The van der Waals surface area contributed by atoms with Gasteiger partial charge >= 0.3 is 11.7 Å². The maximum atomic E-state index is 10.7. The third kappa shape index (κ3) is 3.50. The van der Waals surface area contributed by atoms with Crippen molar-refractivity contribution in [3.05, 3.63) is 32.8 Å². The van der Waals surface area contributed by atoms with Gasteiger partial charge in [-0.2, -0.15) is 0 Å². The Balaban J connectivity index is 2.78. The van der Waals surface area contributed by atoms with E-state index in [1.807, 2.05) is 0 Å². The van der Waals surface area contributed by atoms with Crippen LogP contribution >= 0.6 is 15.9 Å². The van der Waals surface area contributed by atoms with Gasteiger partial charge < -0.3 is 9.84 Å². The number of carboxylic acid groups (broad SMARTS) is 1. The third-order valence-corrected chi connectivity index (χ3v) is 2.18. The number of carboxylic acids is 1. The fourth-order valence-corrected chi connectivity index (χ4v) is 1.35. The number of aliphatic carboxylic acids is 1. The van der Waals surface area contributed by atoms with Gasteiger partial charge in [0, 0.05) is 10.5 Å². The second-order valence-electron chi connectivity index (χ2n) is 2.86. The van der Waals surface area contributed by atoms with Crippen molar-refractivity contribution in [3.63, 3.8) is 0 Å². The molecule has 0 bridgehead atoms. The summed E-state index contributed by atoms with van der Waals surface area (Å²) in [4.78, 5) is 20.3. The highest BCUT2D eigenvalue weighted by Gasteiger charge is 2.15. The second kappa shape index (κ2) is 5.45. The van der Waals surface area contributed by atoms with Gasteiger partial charge in [-0.1, -0.05) is 15.9 Å². The van der Waals surface area contributed by atoms with Crippen molar-refractivity contribution in [2.45, 2.75) is 6.42 Å². The Kier molecular flexibility index (Phi) is 4.24. The highest BCUT2D eigenvalue weighted by molar-refractivity contribution is 9.10. The summed E-state index contributed by atoms with van der Waals surface area (Å²) in [7, 11) is 0. The van der Waals surface area contributed by atoms with Crippen LogP contribution in [-0.2, 0) is 4.79 Å². The molecule has 0 aliphatic rings. The molecule has 86 valence electrons. The molecule has 0 aromatic heterocycles. The van der Waals surface area contributed by atoms with Crippen molar-refractivity contribution >= 4 is 27.6 Å². The summed E-state index contributed by atoms with van der Waals surface area (Å²) < 4.78 is 5.58. The molecule has 0 amide bonds. The lowest BCUT2D eigenvalue weighted by Crippen LogP contribution is -2.06. The van der Waals surface area contributed by atoms with E-state index in [2.05, 4.69) is 15.9 Å². The van der Waals surface area contributed by atoms with Crippen LogP contribution in [0.2, 0.25) is 0 Å². The maximum absolute atomic E-state index is 10.7. The van der Waals surface area contributed by atoms with Gasteiger partial charge in [-0.15, -0.1) is 0 Å². The SMILES string of the molecule is O=C(O)CCOc1ccc(Br)cc1[N+](=O)[O-]. The van der Waals surface area contributed by atoms with Crippen LogP contribution < -0.4 is 4.74 Å². The van der Waals surface area contributed by atoms with Gasteiger partial charge in [0.15, 0.2) is 5.75 Å². The Hall–Kier alpha value is -1.63. The number of carbonyl (C=O) groups is 1. The standard InChI is InChI=1S/C9H8BrNO5/c10-6-1-2-8(7(5-6)11(14)15)16-4-3-9(12)13/h1-2,5H,3-4H2,(H,12,13). The summed E-state index contributed by atoms with van der Waals surface area (Å²) in [6.07, 6.45) is -0.201. The van der Waals surface area contributed by atoms with Crippen LogP contribution in [0.25, 0.3) is 0 Å². The van der Waals surface area contributed by atoms with Crippen LogP contribution in [-0.4, -0.2) is 22.6 Å². The average Bonchev–Trinajstić information content (AvgIpc) is 2.19. The van der Waals surface area contributed by atoms with E-state index in [4.69, 9.17) is 9.84 Å². The summed E-state index contributed by atoms with van der Waals surface area (Å²) >= 11 is 3.10. The first kappa shape index (κ1) is 12.4. The molecule has 0 saturated carbocycles. The van der Waals surface area contributed by atoms with Gasteiger partial charge in [-0.05, 0) is 12.1 Å². The Morgan fingerprint density at radius 1 is 1.56 bits per heavy atom. The zero-order chi connectivity index (χ0) is 12.1. The molecule has 0 saturated heterocycles. The summed E-state index contributed by atoms with van der Waals surface area (Å²) in [6, 6.07) is 4.31. The molecule has 1 rings (SSSR count). The van der Waals surface area contributed by atoms with Crippen molar-refractivity contribution in [2.75, 3.05) is 6.61 Å². The van der Waals surface area contributed by atoms with Crippen molar-refractivity contribution in [3.8, 4) is 5.75 Å². The predicted molar refractivity (Wildman–Crippen MR) is 58.5 cm³/mol. The molecule has 0 radical (unpaired) electrons. The van der Waals surface area contributed by atoms with Crippen LogP contribution in [0, 0.1) is 10.1 Å². The lowest BCUT2D eigenvalue weighted by molar-refractivity contribution is -0.385. The largest absolute Gasteiger partial charge is 0.486 e. The lowest BCUT2D eigenvalue weighted by Gasteiger charge is -2.05. The van der Waals surface area contributed by atoms with Crippen molar-refractivity contribution in [1.29, 1.82) is 0 Å². The molecule has 1 aromatic carbocycles. The molecule has 0 atom stereocenters. The van der Waals surface area contributed by atoms with Crippen LogP contribution in [0.5, 0.6) is 5.75 Å². The molecule has 0 spiro atoms. The van der Waals surface area contributed by atoms with E-state index in [0.717, 1.165) is 0 Å². The van der Waals surface area contributed by atoms with E-state index >= 15 is 0 Å². The first-order chi connectivity index (χ1) is 7.50. The first-order valence-electron chi connectivity index (χ1n) is 4.29. The topological polar surface area (TPSA) is 89.7 Å². The monoisotopic (exact) mass is 289 g/mol. The van der Waals surface area contributed by atoms with E-state index < -0.39 is 10.9 Å². The third-order valence-electron chi connectivity index (χ3n) is 1.69. The average molecular weight is 290 g/mol. The molecular formula is C9H8BrNO5. The fraction of sp³-hybridized carbons (Fsp3) is 0.222. The Morgan fingerprint density at radius 2 is 2.25 bits per heavy atom. The summed E-state index contributed by atoms with van der Waals surface area (Å²) in [5.74, 6) is -0.950. The molecule has 0 aliphatic heterocycles. The van der Waals surface area contributed by atoms with E-state index in [-0.39, 0.29) is 24.5 Å². The molecule has 1 N–H and O–H groups in total. The molecular weight excluding hydrogens is 282 g/mol. The number of rotatable bonds is 5. The molecule has 6 nitrogen and oxygen atoms in total. The van der Waals surface area contributed by atoms with Gasteiger partial charge in [-0.3, -0.25) is 14.9 Å². The van der Waals surface area contributed by atoms with Gasteiger partial charge in [-0.25, -0.2) is 0 Å². The maximum Gasteiger partial charge on any atom is 0.312 e. The normalized spacial score (nSPS) is 9.81. The van der Waals surface area contributed by atoms with Gasteiger partial charge in [0.2, 0.25) is 0 Å².